The molecule has 0 aromatic heterocycles. The molecule has 0 aromatic rings. The molecule has 11 heteroatoms. The van der Waals surface area contributed by atoms with Gasteiger partial charge in [0.15, 0.2) is 6.29 Å². The molecule has 1 fully saturated rings. The molecular weight excluding hydrogens is 666 g/mol. The third-order valence-electron chi connectivity index (χ3n) is 10.3. The summed E-state index contributed by atoms with van der Waals surface area (Å²) >= 11 is 0. The van der Waals surface area contributed by atoms with Crippen LogP contribution in [0.4, 0.5) is 0 Å². The predicted octanol–water partition coefficient (Wildman–Crippen LogP) is 5.72. The molecular formula is C41H79NO10. The second kappa shape index (κ2) is 32.1. The van der Waals surface area contributed by atoms with Crippen molar-refractivity contribution in [3.63, 3.8) is 0 Å². The molecule has 0 aliphatic carbocycles. The molecule has 1 amide bonds. The number of carbonyl (C=O) groups excluding carboxylic acids is 1. The van der Waals surface area contributed by atoms with Crippen LogP contribution in [0, 0.1) is 0 Å². The number of unbranched alkanes of at least 4 members (excludes halogenated alkanes) is 20. The Hall–Kier alpha value is -1.15. The lowest BCUT2D eigenvalue weighted by atomic mass is 9.98. The number of hydrogen-bond acceptors (Lipinski definition) is 10. The minimum Gasteiger partial charge on any atom is -0.394 e. The van der Waals surface area contributed by atoms with Crippen molar-refractivity contribution in [2.75, 3.05) is 13.2 Å². The molecule has 8 N–H and O–H groups in total. The van der Waals surface area contributed by atoms with Crippen LogP contribution in [-0.4, -0.2) is 110 Å². The van der Waals surface area contributed by atoms with E-state index in [4.69, 9.17) is 9.47 Å². The topological polar surface area (TPSA) is 189 Å². The second-order valence-corrected chi connectivity index (χ2v) is 15.1. The molecule has 1 saturated heterocycles. The van der Waals surface area contributed by atoms with Crippen LogP contribution in [0.3, 0.4) is 0 Å². The van der Waals surface area contributed by atoms with Gasteiger partial charge in [-0.25, -0.2) is 0 Å². The zero-order chi connectivity index (χ0) is 38.4. The summed E-state index contributed by atoms with van der Waals surface area (Å²) in [7, 11) is 0. The molecule has 0 radical (unpaired) electrons. The van der Waals surface area contributed by atoms with E-state index in [0.717, 1.165) is 57.8 Å². The lowest BCUT2D eigenvalue weighted by Gasteiger charge is -2.40. The van der Waals surface area contributed by atoms with Crippen LogP contribution in [-0.2, 0) is 14.3 Å². The van der Waals surface area contributed by atoms with Crippen LogP contribution < -0.4 is 5.32 Å². The summed E-state index contributed by atoms with van der Waals surface area (Å²) in [5.74, 6) is -0.704. The van der Waals surface area contributed by atoms with E-state index in [2.05, 4.69) is 31.3 Å². The normalized spacial score (nSPS) is 23.1. The summed E-state index contributed by atoms with van der Waals surface area (Å²) in [5, 5.41) is 75.3. The Morgan fingerprint density at radius 2 is 1.12 bits per heavy atom. The standard InChI is InChI=1S/C41H79NO10/c1-3-5-7-9-11-13-15-16-17-19-21-23-25-27-29-34(45)40(50)42-32(31-51-41-39(49)38(48)37(47)35(30-43)52-41)36(46)33(44)28-26-24-22-20-18-14-12-10-8-6-4-2/h13,15,32-39,41,43-49H,3-12,14,16-31H2,1-2H3,(H,42,50)/b15-13-. The number of amides is 1. The van der Waals surface area contributed by atoms with E-state index in [9.17, 15) is 40.5 Å². The van der Waals surface area contributed by atoms with Gasteiger partial charge < -0.3 is 50.5 Å². The van der Waals surface area contributed by atoms with Crippen LogP contribution in [0.2, 0.25) is 0 Å². The maximum Gasteiger partial charge on any atom is 0.249 e. The molecule has 0 spiro atoms. The van der Waals surface area contributed by atoms with Crippen LogP contribution in [0.15, 0.2) is 12.2 Å². The Kier molecular flexibility index (Phi) is 30.2. The maximum atomic E-state index is 13.0. The number of hydrogen-bond donors (Lipinski definition) is 8. The molecule has 52 heavy (non-hydrogen) atoms. The fourth-order valence-electron chi connectivity index (χ4n) is 6.73. The van der Waals surface area contributed by atoms with Gasteiger partial charge in [-0.15, -0.1) is 0 Å². The van der Waals surface area contributed by atoms with E-state index in [1.165, 1.54) is 77.0 Å². The summed E-state index contributed by atoms with van der Waals surface area (Å²) in [4.78, 5) is 13.0. The lowest BCUT2D eigenvalue weighted by Crippen LogP contribution is -2.60. The van der Waals surface area contributed by atoms with E-state index >= 15 is 0 Å². The van der Waals surface area contributed by atoms with Gasteiger partial charge in [0.1, 0.15) is 36.6 Å². The Balaban J connectivity index is 2.52. The van der Waals surface area contributed by atoms with Gasteiger partial charge in [-0.3, -0.25) is 4.79 Å². The first-order valence-corrected chi connectivity index (χ1v) is 21.1. The Morgan fingerprint density at radius 3 is 1.63 bits per heavy atom. The molecule has 1 aliphatic rings. The first kappa shape index (κ1) is 48.9. The summed E-state index contributed by atoms with van der Waals surface area (Å²) in [6, 6.07) is -1.16. The molecule has 11 nitrogen and oxygen atoms in total. The Labute approximate surface area is 315 Å². The average Bonchev–Trinajstić information content (AvgIpc) is 3.14. The number of aliphatic hydroxyl groups excluding tert-OH is 7. The van der Waals surface area contributed by atoms with Gasteiger partial charge in [0.2, 0.25) is 5.91 Å². The molecule has 9 atom stereocenters. The zero-order valence-electron chi connectivity index (χ0n) is 32.8. The largest absolute Gasteiger partial charge is 0.394 e. The van der Waals surface area contributed by atoms with Gasteiger partial charge in [0.05, 0.1) is 25.4 Å². The molecule has 0 bridgehead atoms. The van der Waals surface area contributed by atoms with E-state index in [1.807, 2.05) is 0 Å². The zero-order valence-corrected chi connectivity index (χ0v) is 32.8. The van der Waals surface area contributed by atoms with Gasteiger partial charge in [0, 0.05) is 0 Å². The van der Waals surface area contributed by atoms with Crippen molar-refractivity contribution >= 4 is 5.91 Å². The highest BCUT2D eigenvalue weighted by atomic mass is 16.7. The summed E-state index contributed by atoms with van der Waals surface area (Å²) < 4.78 is 11.0. The van der Waals surface area contributed by atoms with Crippen LogP contribution in [0.25, 0.3) is 0 Å². The van der Waals surface area contributed by atoms with E-state index < -0.39 is 74.2 Å². The summed E-state index contributed by atoms with van der Waals surface area (Å²) in [6.45, 7) is 3.39. The number of carbonyl (C=O) groups is 1. The van der Waals surface area contributed by atoms with Gasteiger partial charge in [-0.1, -0.05) is 148 Å². The second-order valence-electron chi connectivity index (χ2n) is 15.1. The molecule has 9 unspecified atom stereocenters. The molecule has 1 rings (SSSR count). The van der Waals surface area contributed by atoms with Gasteiger partial charge in [0.25, 0.3) is 0 Å². The van der Waals surface area contributed by atoms with Crippen molar-refractivity contribution in [3.05, 3.63) is 12.2 Å². The van der Waals surface area contributed by atoms with E-state index in [0.29, 0.717) is 19.3 Å². The molecule has 0 aromatic carbocycles. The number of rotatable bonds is 34. The van der Waals surface area contributed by atoms with Crippen molar-refractivity contribution in [1.82, 2.24) is 5.32 Å². The van der Waals surface area contributed by atoms with E-state index in [-0.39, 0.29) is 6.42 Å². The van der Waals surface area contributed by atoms with Gasteiger partial charge in [-0.05, 0) is 38.5 Å². The minimum atomic E-state index is -1.66. The molecule has 0 saturated carbocycles. The van der Waals surface area contributed by atoms with Crippen molar-refractivity contribution in [3.8, 4) is 0 Å². The quantitative estimate of drug-likeness (QED) is 0.0299. The number of aliphatic hydroxyl groups is 7. The van der Waals surface area contributed by atoms with Crippen LogP contribution >= 0.6 is 0 Å². The lowest BCUT2D eigenvalue weighted by molar-refractivity contribution is -0.303. The summed E-state index contributed by atoms with van der Waals surface area (Å²) in [5.41, 5.74) is 0. The first-order valence-electron chi connectivity index (χ1n) is 21.1. The molecule has 1 aliphatic heterocycles. The number of allylic oxidation sites excluding steroid dienone is 2. The highest BCUT2D eigenvalue weighted by Crippen LogP contribution is 2.23. The number of ether oxygens (including phenoxy) is 2. The highest BCUT2D eigenvalue weighted by Gasteiger charge is 2.44. The van der Waals surface area contributed by atoms with Crippen molar-refractivity contribution in [1.29, 1.82) is 0 Å². The van der Waals surface area contributed by atoms with Crippen LogP contribution in [0.1, 0.15) is 174 Å². The van der Waals surface area contributed by atoms with E-state index in [1.54, 1.807) is 0 Å². The van der Waals surface area contributed by atoms with Crippen LogP contribution in [0.5, 0.6) is 0 Å². The van der Waals surface area contributed by atoms with Gasteiger partial charge >= 0.3 is 0 Å². The number of nitrogens with one attached hydrogen (secondary N) is 1. The minimum absolute atomic E-state index is 0.254. The SMILES string of the molecule is CCCCCC/C=C\CCCCCCCCC(O)C(=O)NC(COC1OC(CO)C(O)C(O)C1O)C(O)C(O)CCCCCCCCCCCCC. The monoisotopic (exact) mass is 746 g/mol. The molecule has 308 valence electrons. The van der Waals surface area contributed by atoms with Gasteiger partial charge in [-0.2, -0.15) is 0 Å². The van der Waals surface area contributed by atoms with Crippen molar-refractivity contribution < 1.29 is 50.0 Å². The third-order valence-corrected chi connectivity index (χ3v) is 10.3. The fraction of sp³-hybridized carbons (Fsp3) is 0.927. The Bertz CT molecular complexity index is 861. The average molecular weight is 746 g/mol. The predicted molar refractivity (Wildman–Crippen MR) is 206 cm³/mol. The molecule has 1 heterocycles. The first-order chi connectivity index (χ1) is 25.2. The third kappa shape index (κ3) is 22.3. The Morgan fingerprint density at radius 1 is 0.654 bits per heavy atom. The smallest absolute Gasteiger partial charge is 0.249 e. The maximum absolute atomic E-state index is 13.0. The summed E-state index contributed by atoms with van der Waals surface area (Å²) in [6.07, 6.45) is 19.8. The van der Waals surface area contributed by atoms with Crippen molar-refractivity contribution in [2.24, 2.45) is 0 Å². The highest BCUT2D eigenvalue weighted by molar-refractivity contribution is 5.80. The fourth-order valence-corrected chi connectivity index (χ4v) is 6.73. The van der Waals surface area contributed by atoms with Crippen molar-refractivity contribution in [2.45, 2.75) is 229 Å².